The number of nitrogens with zero attached hydrogens (tertiary/aromatic N) is 2. The molecule has 0 unspecified atom stereocenters. The highest BCUT2D eigenvalue weighted by Gasteiger charge is 2.12. The van der Waals surface area contributed by atoms with E-state index in [1.165, 1.54) is 0 Å². The summed E-state index contributed by atoms with van der Waals surface area (Å²) in [5, 5.41) is 0. The van der Waals surface area contributed by atoms with Crippen molar-refractivity contribution in [3.63, 3.8) is 0 Å². The lowest BCUT2D eigenvalue weighted by Gasteiger charge is -1.80. The Balaban J connectivity index is 2.95. The van der Waals surface area contributed by atoms with E-state index in [0.717, 1.165) is 11.5 Å². The highest BCUT2D eigenvalue weighted by atomic mass is 15.1. The molecule has 0 aromatic rings. The van der Waals surface area contributed by atoms with E-state index in [4.69, 9.17) is 0 Å². The molecular formula is C6H9N2+. The van der Waals surface area contributed by atoms with Crippen LogP contribution in [0.5, 0.6) is 0 Å². The summed E-state index contributed by atoms with van der Waals surface area (Å²) >= 11 is 0. The van der Waals surface area contributed by atoms with Crippen LogP contribution in [0.2, 0.25) is 0 Å². The highest BCUT2D eigenvalue weighted by molar-refractivity contribution is 6.28. The predicted octanol–water partition coefficient (Wildman–Crippen LogP) is 0.645. The van der Waals surface area contributed by atoms with Crippen molar-refractivity contribution in [3.05, 3.63) is 12.4 Å². The van der Waals surface area contributed by atoms with Gasteiger partial charge in [0.15, 0.2) is 5.71 Å². The van der Waals surface area contributed by atoms with Crippen LogP contribution in [0, 0.1) is 0 Å². The van der Waals surface area contributed by atoms with Crippen LogP contribution in [0.3, 0.4) is 0 Å². The van der Waals surface area contributed by atoms with Crippen LogP contribution in [0.25, 0.3) is 0 Å². The summed E-state index contributed by atoms with van der Waals surface area (Å²) in [5.74, 6) is 0.822. The molecule has 2 nitrogen and oxygen atoms in total. The predicted molar refractivity (Wildman–Crippen MR) is 34.5 cm³/mol. The first-order valence-electron chi connectivity index (χ1n) is 2.52. The number of hydrogen-bond acceptors (Lipinski definition) is 1. The molecule has 1 aliphatic heterocycles. The summed E-state index contributed by atoms with van der Waals surface area (Å²) in [7, 11) is 1.93. The number of aliphatic imine (C=N–C) groups is 1. The Morgan fingerprint density at radius 3 is 2.50 bits per heavy atom. The lowest BCUT2D eigenvalue weighted by molar-refractivity contribution is -0.434. The van der Waals surface area contributed by atoms with Crippen LogP contribution in [-0.2, 0) is 0 Å². The fourth-order valence-electron chi connectivity index (χ4n) is 0.666. The smallest absolute Gasteiger partial charge is 0.230 e. The van der Waals surface area contributed by atoms with Crippen molar-refractivity contribution >= 4 is 11.9 Å². The van der Waals surface area contributed by atoms with Gasteiger partial charge in [-0.05, 0) is 11.6 Å². The van der Waals surface area contributed by atoms with Gasteiger partial charge >= 0.3 is 5.82 Å². The molecule has 1 aliphatic rings. The van der Waals surface area contributed by atoms with E-state index in [0.29, 0.717) is 0 Å². The third kappa shape index (κ3) is 0.689. The van der Waals surface area contributed by atoms with Crippen molar-refractivity contribution in [1.29, 1.82) is 0 Å². The van der Waals surface area contributed by atoms with Crippen molar-refractivity contribution in [2.75, 3.05) is 7.05 Å². The lowest BCUT2D eigenvalue weighted by atomic mass is 10.5. The molecule has 1 rings (SSSR count). The monoisotopic (exact) mass is 109 g/mol. The van der Waals surface area contributed by atoms with E-state index in [1.807, 2.05) is 24.8 Å². The Kier molecular flexibility index (Phi) is 1.01. The average molecular weight is 109 g/mol. The zero-order valence-electron chi connectivity index (χ0n) is 5.18. The molecule has 0 radical (unpaired) electrons. The van der Waals surface area contributed by atoms with Gasteiger partial charge in [-0.15, -0.1) is 0 Å². The first-order valence-corrected chi connectivity index (χ1v) is 2.52. The van der Waals surface area contributed by atoms with Crippen LogP contribution >= 0.6 is 0 Å². The fraction of sp³-hybridized carbons (Fsp3) is 0.333. The minimum absolute atomic E-state index is 0.822. The molecule has 0 spiro atoms. The molecule has 0 aromatic carbocycles. The summed E-state index contributed by atoms with van der Waals surface area (Å²) < 4.78 is 1.90. The minimum atomic E-state index is 0.822. The topological polar surface area (TPSA) is 15.4 Å². The van der Waals surface area contributed by atoms with E-state index in [-0.39, 0.29) is 0 Å². The molecule has 0 saturated heterocycles. The van der Waals surface area contributed by atoms with Gasteiger partial charge in [0, 0.05) is 6.92 Å². The molecule has 0 saturated carbocycles. The van der Waals surface area contributed by atoms with Gasteiger partial charge in [0.25, 0.3) is 0 Å². The zero-order valence-corrected chi connectivity index (χ0v) is 5.18. The van der Waals surface area contributed by atoms with E-state index in [2.05, 4.69) is 11.6 Å². The van der Waals surface area contributed by atoms with Crippen molar-refractivity contribution in [3.8, 4) is 0 Å². The van der Waals surface area contributed by atoms with Crippen LogP contribution < -0.4 is 0 Å². The van der Waals surface area contributed by atoms with Crippen molar-refractivity contribution < 1.29 is 4.58 Å². The maximum Gasteiger partial charge on any atom is 0.316 e. The van der Waals surface area contributed by atoms with Crippen molar-refractivity contribution in [1.82, 2.24) is 0 Å². The van der Waals surface area contributed by atoms with E-state index >= 15 is 0 Å². The largest absolute Gasteiger partial charge is 0.316 e. The van der Waals surface area contributed by atoms with Crippen molar-refractivity contribution in [2.24, 2.45) is 4.99 Å². The maximum atomic E-state index is 4.06. The summed E-state index contributed by atoms with van der Waals surface area (Å²) in [6.45, 7) is 5.65. The van der Waals surface area contributed by atoms with Gasteiger partial charge in [0.05, 0.1) is 7.05 Å². The van der Waals surface area contributed by atoms with Crippen LogP contribution in [0.4, 0.5) is 0 Å². The van der Waals surface area contributed by atoms with E-state index in [1.54, 1.807) is 0 Å². The second-order valence-corrected chi connectivity index (χ2v) is 1.91. The Bertz CT molecular complexity index is 184. The molecule has 0 amide bonds. The first kappa shape index (κ1) is 5.22. The number of rotatable bonds is 0. The van der Waals surface area contributed by atoms with E-state index < -0.39 is 0 Å². The third-order valence-electron chi connectivity index (χ3n) is 1.09. The summed E-state index contributed by atoms with van der Waals surface area (Å²) in [4.78, 5) is 4.06. The van der Waals surface area contributed by atoms with Crippen LogP contribution in [0.15, 0.2) is 17.4 Å². The Hall–Kier alpha value is -0.920. The quantitative estimate of drug-likeness (QED) is 0.406. The van der Waals surface area contributed by atoms with Crippen molar-refractivity contribution in [2.45, 2.75) is 6.92 Å². The average Bonchev–Trinajstić information content (AvgIpc) is 1.85. The summed E-state index contributed by atoms with van der Waals surface area (Å²) in [6, 6.07) is 0. The second-order valence-electron chi connectivity index (χ2n) is 1.91. The molecule has 0 aromatic heterocycles. The summed E-state index contributed by atoms with van der Waals surface area (Å²) in [6.07, 6.45) is 1.95. The molecular weight excluding hydrogens is 100 g/mol. The zero-order chi connectivity index (χ0) is 6.15. The third-order valence-corrected chi connectivity index (χ3v) is 1.09. The Labute approximate surface area is 48.9 Å². The second kappa shape index (κ2) is 1.54. The van der Waals surface area contributed by atoms with Crippen LogP contribution in [0.1, 0.15) is 6.92 Å². The Morgan fingerprint density at radius 2 is 2.38 bits per heavy atom. The molecule has 2 heteroatoms. The van der Waals surface area contributed by atoms with Gasteiger partial charge in [0.2, 0.25) is 0 Å². The normalized spacial score (nSPS) is 18.5. The number of hydrogen-bond donors (Lipinski definition) is 0. The summed E-state index contributed by atoms with van der Waals surface area (Å²) in [5.41, 5.74) is 1.03. The first-order chi connectivity index (χ1) is 3.70. The molecule has 0 bridgehead atoms. The fourth-order valence-corrected chi connectivity index (χ4v) is 0.666. The highest BCUT2D eigenvalue weighted by Crippen LogP contribution is 1.98. The maximum absolute atomic E-state index is 4.06. The molecule has 0 atom stereocenters. The van der Waals surface area contributed by atoms with Gasteiger partial charge < -0.3 is 0 Å². The molecule has 0 aliphatic carbocycles. The molecule has 8 heavy (non-hydrogen) atoms. The molecule has 0 fully saturated rings. The van der Waals surface area contributed by atoms with E-state index in [9.17, 15) is 0 Å². The van der Waals surface area contributed by atoms with Gasteiger partial charge in [0.1, 0.15) is 6.21 Å². The van der Waals surface area contributed by atoms with Gasteiger partial charge in [-0.2, -0.15) is 0 Å². The molecule has 0 N–H and O–H groups in total. The molecule has 1 heterocycles. The molecule has 42 valence electrons. The lowest BCUT2D eigenvalue weighted by Crippen LogP contribution is -1.99. The van der Waals surface area contributed by atoms with Gasteiger partial charge in [-0.1, -0.05) is 0 Å². The Morgan fingerprint density at radius 1 is 1.75 bits per heavy atom. The standard InChI is InChI=1S/C6H9N2/c1-5-4-8(3)6(2)7-5/h4H,2H2,1,3H3/q+1. The van der Waals surface area contributed by atoms with Gasteiger partial charge in [-0.25, -0.2) is 4.58 Å². The van der Waals surface area contributed by atoms with Gasteiger partial charge in [-0.3, -0.25) is 0 Å². The SMILES string of the molecule is C=C1N=C(C)C=[N+]1C. The van der Waals surface area contributed by atoms with Crippen LogP contribution in [-0.4, -0.2) is 23.5 Å². The minimum Gasteiger partial charge on any atom is -0.230 e.